The van der Waals surface area contributed by atoms with Gasteiger partial charge in [0.25, 0.3) is 0 Å². The van der Waals surface area contributed by atoms with Crippen LogP contribution in [0.2, 0.25) is 0 Å². The van der Waals surface area contributed by atoms with Gasteiger partial charge in [0.05, 0.1) is 25.4 Å². The van der Waals surface area contributed by atoms with Crippen molar-refractivity contribution in [2.75, 3.05) is 18.9 Å². The van der Waals surface area contributed by atoms with Gasteiger partial charge in [-0.25, -0.2) is 4.68 Å². The van der Waals surface area contributed by atoms with Crippen molar-refractivity contribution >= 4 is 11.8 Å². The summed E-state index contributed by atoms with van der Waals surface area (Å²) in [6.45, 7) is 5.88. The summed E-state index contributed by atoms with van der Waals surface area (Å²) in [6, 6.07) is 0.692. The van der Waals surface area contributed by atoms with Gasteiger partial charge in [-0.15, -0.1) is 5.10 Å². The average Bonchev–Trinajstić information content (AvgIpc) is 3.12. The fourth-order valence-electron chi connectivity index (χ4n) is 1.62. The SMILES string of the molecule is CC(C)OCC(O)CSc1nnnn1CCNC1CC1. The van der Waals surface area contributed by atoms with Crippen LogP contribution in [0.1, 0.15) is 26.7 Å². The van der Waals surface area contributed by atoms with Crippen molar-refractivity contribution in [1.29, 1.82) is 0 Å². The molecule has 8 heteroatoms. The van der Waals surface area contributed by atoms with E-state index in [0.717, 1.165) is 18.2 Å². The van der Waals surface area contributed by atoms with E-state index in [2.05, 4.69) is 20.8 Å². The highest BCUT2D eigenvalue weighted by molar-refractivity contribution is 7.99. The second-order valence-electron chi connectivity index (χ2n) is 5.26. The van der Waals surface area contributed by atoms with Gasteiger partial charge >= 0.3 is 0 Å². The molecule has 1 fully saturated rings. The number of aliphatic hydroxyl groups is 1. The van der Waals surface area contributed by atoms with Crippen molar-refractivity contribution in [1.82, 2.24) is 25.5 Å². The van der Waals surface area contributed by atoms with Gasteiger partial charge in [-0.3, -0.25) is 0 Å². The smallest absolute Gasteiger partial charge is 0.209 e. The number of thioether (sulfide) groups is 1. The van der Waals surface area contributed by atoms with Gasteiger partial charge in [0, 0.05) is 18.3 Å². The highest BCUT2D eigenvalue weighted by Gasteiger charge is 2.20. The summed E-state index contributed by atoms with van der Waals surface area (Å²) >= 11 is 1.46. The second kappa shape index (κ2) is 7.92. The topological polar surface area (TPSA) is 85.1 Å². The van der Waals surface area contributed by atoms with Crippen LogP contribution in [0.5, 0.6) is 0 Å². The lowest BCUT2D eigenvalue weighted by molar-refractivity contribution is 0.0152. The zero-order chi connectivity index (χ0) is 14.4. The predicted molar refractivity (Wildman–Crippen MR) is 76.7 cm³/mol. The van der Waals surface area contributed by atoms with Crippen LogP contribution in [0.4, 0.5) is 0 Å². The molecular formula is C12H23N5O2S. The summed E-state index contributed by atoms with van der Waals surface area (Å²) in [7, 11) is 0. The van der Waals surface area contributed by atoms with Crippen molar-refractivity contribution < 1.29 is 9.84 Å². The second-order valence-corrected chi connectivity index (χ2v) is 6.25. The van der Waals surface area contributed by atoms with Gasteiger partial charge < -0.3 is 15.2 Å². The number of aromatic nitrogens is 4. The third kappa shape index (κ3) is 5.74. The van der Waals surface area contributed by atoms with Crippen LogP contribution in [0.25, 0.3) is 0 Å². The summed E-state index contributed by atoms with van der Waals surface area (Å²) in [5, 5.41) is 25.6. The van der Waals surface area contributed by atoms with E-state index in [0.29, 0.717) is 18.4 Å². The number of aliphatic hydroxyl groups excluding tert-OH is 1. The van der Waals surface area contributed by atoms with Crippen molar-refractivity contribution in [2.24, 2.45) is 0 Å². The molecule has 0 radical (unpaired) electrons. The molecule has 1 aromatic heterocycles. The lowest BCUT2D eigenvalue weighted by atomic mass is 10.4. The summed E-state index contributed by atoms with van der Waals surface area (Å²) in [4.78, 5) is 0. The molecule has 0 aliphatic heterocycles. The van der Waals surface area contributed by atoms with Crippen LogP contribution < -0.4 is 5.32 Å². The van der Waals surface area contributed by atoms with Crippen LogP contribution in [-0.2, 0) is 11.3 Å². The number of nitrogens with one attached hydrogen (secondary N) is 1. The van der Waals surface area contributed by atoms with Gasteiger partial charge in [-0.1, -0.05) is 11.8 Å². The zero-order valence-corrected chi connectivity index (χ0v) is 12.8. The molecule has 2 N–H and O–H groups in total. The van der Waals surface area contributed by atoms with Gasteiger partial charge in [0.1, 0.15) is 0 Å². The number of hydrogen-bond donors (Lipinski definition) is 2. The van der Waals surface area contributed by atoms with Crippen LogP contribution in [-0.4, -0.2) is 62.5 Å². The molecule has 1 atom stereocenters. The van der Waals surface area contributed by atoms with E-state index in [1.54, 1.807) is 4.68 Å². The molecule has 7 nitrogen and oxygen atoms in total. The van der Waals surface area contributed by atoms with E-state index in [1.807, 2.05) is 13.8 Å². The molecule has 1 saturated carbocycles. The Hall–Kier alpha value is -0.700. The van der Waals surface area contributed by atoms with E-state index in [-0.39, 0.29) is 6.10 Å². The number of rotatable bonds is 10. The molecule has 1 heterocycles. The molecule has 0 amide bonds. The van der Waals surface area contributed by atoms with Gasteiger partial charge in [-0.2, -0.15) is 0 Å². The highest BCUT2D eigenvalue weighted by Crippen LogP contribution is 2.18. The van der Waals surface area contributed by atoms with Gasteiger partial charge in [0.15, 0.2) is 0 Å². The van der Waals surface area contributed by atoms with Crippen LogP contribution in [0.3, 0.4) is 0 Å². The molecule has 0 aromatic carbocycles. The first kappa shape index (κ1) is 15.7. The molecule has 1 aliphatic rings. The minimum Gasteiger partial charge on any atom is -0.390 e. The number of tetrazole rings is 1. The maximum Gasteiger partial charge on any atom is 0.209 e. The Morgan fingerprint density at radius 1 is 1.50 bits per heavy atom. The lowest BCUT2D eigenvalue weighted by Crippen LogP contribution is -2.23. The standard InChI is InChI=1S/C12H23N5O2S/c1-9(2)19-7-11(18)8-20-12-14-15-16-17(12)6-5-13-10-3-4-10/h9-11,13,18H,3-8H2,1-2H3. The molecule has 0 saturated heterocycles. The van der Waals surface area contributed by atoms with Crippen LogP contribution >= 0.6 is 11.8 Å². The molecule has 1 aliphatic carbocycles. The average molecular weight is 301 g/mol. The Labute approximate surface area is 123 Å². The molecule has 0 bridgehead atoms. The molecule has 1 unspecified atom stereocenters. The van der Waals surface area contributed by atoms with E-state index >= 15 is 0 Å². The maximum atomic E-state index is 9.81. The minimum atomic E-state index is -0.503. The summed E-state index contributed by atoms with van der Waals surface area (Å²) < 4.78 is 7.14. The van der Waals surface area contributed by atoms with Crippen molar-refractivity contribution in [3.63, 3.8) is 0 Å². The Morgan fingerprint density at radius 3 is 3.00 bits per heavy atom. The Morgan fingerprint density at radius 2 is 2.30 bits per heavy atom. The normalized spacial score (nSPS) is 16.8. The maximum absolute atomic E-state index is 9.81. The van der Waals surface area contributed by atoms with E-state index < -0.39 is 6.10 Å². The molecular weight excluding hydrogens is 278 g/mol. The molecule has 114 valence electrons. The number of nitrogens with zero attached hydrogens (tertiary/aromatic N) is 4. The fraction of sp³-hybridized carbons (Fsp3) is 0.917. The summed E-state index contributed by atoms with van der Waals surface area (Å²) in [5.41, 5.74) is 0. The van der Waals surface area contributed by atoms with E-state index in [9.17, 15) is 5.11 Å². The Balaban J connectivity index is 1.67. The van der Waals surface area contributed by atoms with Gasteiger partial charge in [-0.05, 0) is 37.1 Å². The number of ether oxygens (including phenoxy) is 1. The van der Waals surface area contributed by atoms with Crippen LogP contribution in [0.15, 0.2) is 5.16 Å². The lowest BCUT2D eigenvalue weighted by Gasteiger charge is -2.12. The first-order valence-corrected chi connectivity index (χ1v) is 8.05. The quantitative estimate of drug-likeness (QED) is 0.601. The highest BCUT2D eigenvalue weighted by atomic mass is 32.2. The zero-order valence-electron chi connectivity index (χ0n) is 12.0. The van der Waals surface area contributed by atoms with Crippen molar-refractivity contribution in [2.45, 2.75) is 56.6 Å². The molecule has 0 spiro atoms. The van der Waals surface area contributed by atoms with Gasteiger partial charge in [0.2, 0.25) is 5.16 Å². The molecule has 1 aromatic rings. The number of hydrogen-bond acceptors (Lipinski definition) is 7. The van der Waals surface area contributed by atoms with Crippen molar-refractivity contribution in [3.8, 4) is 0 Å². The largest absolute Gasteiger partial charge is 0.390 e. The Bertz CT molecular complexity index is 397. The third-order valence-corrected chi connectivity index (χ3v) is 3.96. The van der Waals surface area contributed by atoms with Crippen LogP contribution in [0, 0.1) is 0 Å². The molecule has 20 heavy (non-hydrogen) atoms. The van der Waals surface area contributed by atoms with E-state index in [1.165, 1.54) is 24.6 Å². The molecule has 2 rings (SSSR count). The summed E-state index contributed by atoms with van der Waals surface area (Å²) in [6.07, 6.45) is 2.18. The van der Waals surface area contributed by atoms with E-state index in [4.69, 9.17) is 4.74 Å². The first-order valence-electron chi connectivity index (χ1n) is 7.07. The minimum absolute atomic E-state index is 0.133. The Kier molecular flexibility index (Phi) is 6.21. The van der Waals surface area contributed by atoms with Crippen molar-refractivity contribution in [3.05, 3.63) is 0 Å². The third-order valence-electron chi connectivity index (χ3n) is 2.86. The first-order chi connectivity index (χ1) is 9.65. The summed E-state index contributed by atoms with van der Waals surface area (Å²) in [5.74, 6) is 0.531. The monoisotopic (exact) mass is 301 g/mol. The predicted octanol–water partition coefficient (Wildman–Crippen LogP) is 0.303. The fourth-order valence-corrected chi connectivity index (χ4v) is 2.43.